The highest BCUT2D eigenvalue weighted by atomic mass is 19.4. The minimum absolute atomic E-state index is 0.0275. The largest absolute Gasteiger partial charge is 0.457 e. The Bertz CT molecular complexity index is 920. The molecule has 1 N–H and O–H groups in total. The quantitative estimate of drug-likeness (QED) is 0.792. The van der Waals surface area contributed by atoms with Crippen LogP contribution in [0.1, 0.15) is 36.0 Å². The van der Waals surface area contributed by atoms with Crippen molar-refractivity contribution in [3.63, 3.8) is 0 Å². The van der Waals surface area contributed by atoms with E-state index < -0.39 is 23.6 Å². The first-order chi connectivity index (χ1) is 13.3. The molecule has 0 fully saturated rings. The van der Waals surface area contributed by atoms with E-state index in [1.165, 1.54) is 19.1 Å². The number of rotatable bonds is 4. The molecule has 1 aliphatic rings. The number of hydrogen-bond acceptors (Lipinski definition) is 3. The van der Waals surface area contributed by atoms with Crippen LogP contribution in [0.5, 0.6) is 0 Å². The van der Waals surface area contributed by atoms with Crippen LogP contribution < -0.4 is 5.32 Å². The third kappa shape index (κ3) is 4.42. The molecule has 0 radical (unpaired) electrons. The van der Waals surface area contributed by atoms with E-state index in [0.29, 0.717) is 0 Å². The summed E-state index contributed by atoms with van der Waals surface area (Å²) in [5.74, 6) is -1.83. The van der Waals surface area contributed by atoms with E-state index >= 15 is 0 Å². The fourth-order valence-electron chi connectivity index (χ4n) is 3.19. The Balaban J connectivity index is 1.89. The number of carbonyl (C=O) groups excluding carboxylic acids is 2. The van der Waals surface area contributed by atoms with E-state index in [4.69, 9.17) is 4.74 Å². The van der Waals surface area contributed by atoms with Crippen molar-refractivity contribution in [3.05, 3.63) is 82.6 Å². The van der Waals surface area contributed by atoms with Crippen molar-refractivity contribution in [2.45, 2.75) is 32.0 Å². The Morgan fingerprint density at radius 1 is 1.14 bits per heavy atom. The number of esters is 1. The number of carbonyl (C=O) groups is 2. The first-order valence-corrected chi connectivity index (χ1v) is 8.64. The standard InChI is InChI=1S/C21H18F3NO3/c1-13-19(20(27)28-12-14-6-3-2-4-7-14)17(11-18(26)25-13)15-8-5-9-16(10-15)21(22,23)24/h2-10,17H,11-12H2,1H3,(H,25,26). The Morgan fingerprint density at radius 3 is 2.54 bits per heavy atom. The third-order valence-corrected chi connectivity index (χ3v) is 4.52. The van der Waals surface area contributed by atoms with Gasteiger partial charge >= 0.3 is 12.1 Å². The van der Waals surface area contributed by atoms with Crippen LogP contribution in [0.2, 0.25) is 0 Å². The SMILES string of the molecule is CC1=C(C(=O)OCc2ccccc2)C(c2cccc(C(F)(F)F)c2)CC(=O)N1. The Labute approximate surface area is 160 Å². The molecule has 1 heterocycles. The summed E-state index contributed by atoms with van der Waals surface area (Å²) in [4.78, 5) is 24.7. The van der Waals surface area contributed by atoms with Gasteiger partial charge in [0.05, 0.1) is 11.1 Å². The molecule has 3 rings (SSSR count). The van der Waals surface area contributed by atoms with Gasteiger partial charge in [-0.2, -0.15) is 13.2 Å². The second-order valence-electron chi connectivity index (χ2n) is 6.53. The van der Waals surface area contributed by atoms with Gasteiger partial charge < -0.3 is 10.1 Å². The lowest BCUT2D eigenvalue weighted by molar-refractivity contribution is -0.141. The first-order valence-electron chi connectivity index (χ1n) is 8.64. The summed E-state index contributed by atoms with van der Waals surface area (Å²) in [6.07, 6.45) is -4.64. The van der Waals surface area contributed by atoms with Gasteiger partial charge in [-0.25, -0.2) is 4.79 Å². The van der Waals surface area contributed by atoms with Crippen LogP contribution in [-0.4, -0.2) is 11.9 Å². The Kier molecular flexibility index (Phi) is 5.53. The molecule has 2 aromatic rings. The highest BCUT2D eigenvalue weighted by Gasteiger charge is 2.35. The van der Waals surface area contributed by atoms with Gasteiger partial charge in [-0.15, -0.1) is 0 Å². The number of benzene rings is 2. The van der Waals surface area contributed by atoms with E-state index in [1.807, 2.05) is 6.07 Å². The molecule has 0 saturated carbocycles. The van der Waals surface area contributed by atoms with Gasteiger partial charge in [0.25, 0.3) is 0 Å². The molecule has 0 bridgehead atoms. The molecule has 1 unspecified atom stereocenters. The molecule has 0 aliphatic carbocycles. The third-order valence-electron chi connectivity index (χ3n) is 4.52. The number of halogens is 3. The maximum atomic E-state index is 13.1. The van der Waals surface area contributed by atoms with Gasteiger partial charge in [0, 0.05) is 18.0 Å². The van der Waals surface area contributed by atoms with E-state index in [2.05, 4.69) is 5.32 Å². The predicted molar refractivity (Wildman–Crippen MR) is 95.9 cm³/mol. The number of hydrogen-bond donors (Lipinski definition) is 1. The number of alkyl halides is 3. The van der Waals surface area contributed by atoms with Crippen LogP contribution in [0.25, 0.3) is 0 Å². The van der Waals surface area contributed by atoms with Gasteiger partial charge in [-0.1, -0.05) is 48.5 Å². The minimum Gasteiger partial charge on any atom is -0.457 e. The van der Waals surface area contributed by atoms with Crippen molar-refractivity contribution < 1.29 is 27.5 Å². The molecular weight excluding hydrogens is 371 g/mol. The van der Waals surface area contributed by atoms with Gasteiger partial charge in [-0.3, -0.25) is 4.79 Å². The molecule has 0 spiro atoms. The van der Waals surface area contributed by atoms with Crippen LogP contribution in [0.15, 0.2) is 65.9 Å². The topological polar surface area (TPSA) is 55.4 Å². The lowest BCUT2D eigenvalue weighted by Crippen LogP contribution is -2.34. The highest BCUT2D eigenvalue weighted by molar-refractivity contribution is 5.95. The van der Waals surface area contributed by atoms with Crippen molar-refractivity contribution in [3.8, 4) is 0 Å². The molecule has 0 saturated heterocycles. The van der Waals surface area contributed by atoms with Gasteiger partial charge in [-0.05, 0) is 24.1 Å². The average molecular weight is 389 g/mol. The second kappa shape index (κ2) is 7.88. The summed E-state index contributed by atoms with van der Waals surface area (Å²) < 4.78 is 44.6. The van der Waals surface area contributed by atoms with Crippen LogP contribution >= 0.6 is 0 Å². The van der Waals surface area contributed by atoms with E-state index in [1.54, 1.807) is 24.3 Å². The fraction of sp³-hybridized carbons (Fsp3) is 0.238. The summed E-state index contributed by atoms with van der Waals surface area (Å²) in [5.41, 5.74) is 0.650. The minimum atomic E-state index is -4.51. The average Bonchev–Trinajstić information content (AvgIpc) is 2.66. The molecule has 1 aliphatic heterocycles. The van der Waals surface area contributed by atoms with E-state index in [0.717, 1.165) is 17.7 Å². The Morgan fingerprint density at radius 2 is 1.86 bits per heavy atom. The molecule has 1 amide bonds. The molecule has 28 heavy (non-hydrogen) atoms. The van der Waals surface area contributed by atoms with Crippen molar-refractivity contribution in [1.29, 1.82) is 0 Å². The Hall–Kier alpha value is -3.09. The zero-order valence-electron chi connectivity index (χ0n) is 15.0. The summed E-state index contributed by atoms with van der Waals surface area (Å²) in [5, 5.41) is 2.57. The lowest BCUT2D eigenvalue weighted by Gasteiger charge is -2.27. The zero-order chi connectivity index (χ0) is 20.3. The molecule has 7 heteroatoms. The molecule has 146 valence electrons. The van der Waals surface area contributed by atoms with Crippen LogP contribution in [0, 0.1) is 0 Å². The summed E-state index contributed by atoms with van der Waals surface area (Å²) in [6, 6.07) is 13.7. The van der Waals surface area contributed by atoms with Crippen LogP contribution in [0.3, 0.4) is 0 Å². The number of nitrogens with one attached hydrogen (secondary N) is 1. The maximum Gasteiger partial charge on any atom is 0.416 e. The molecule has 2 aromatic carbocycles. The van der Waals surface area contributed by atoms with Crippen molar-refractivity contribution in [1.82, 2.24) is 5.32 Å². The number of ether oxygens (including phenoxy) is 1. The van der Waals surface area contributed by atoms with Crippen molar-refractivity contribution in [2.24, 2.45) is 0 Å². The normalized spacial score (nSPS) is 17.3. The smallest absolute Gasteiger partial charge is 0.416 e. The van der Waals surface area contributed by atoms with Crippen LogP contribution in [-0.2, 0) is 27.1 Å². The fourth-order valence-corrected chi connectivity index (χ4v) is 3.19. The highest BCUT2D eigenvalue weighted by Crippen LogP contribution is 2.37. The molecule has 4 nitrogen and oxygen atoms in total. The van der Waals surface area contributed by atoms with Crippen molar-refractivity contribution in [2.75, 3.05) is 0 Å². The summed E-state index contributed by atoms with van der Waals surface area (Å²) >= 11 is 0. The number of amides is 1. The van der Waals surface area contributed by atoms with Gasteiger partial charge in [0.15, 0.2) is 0 Å². The summed E-state index contributed by atoms with van der Waals surface area (Å²) in [6.45, 7) is 1.57. The van der Waals surface area contributed by atoms with Gasteiger partial charge in [0.1, 0.15) is 6.61 Å². The number of allylic oxidation sites excluding steroid dienone is 1. The maximum absolute atomic E-state index is 13.1. The monoisotopic (exact) mass is 389 g/mol. The molecular formula is C21H18F3NO3. The van der Waals surface area contributed by atoms with Gasteiger partial charge in [0.2, 0.25) is 5.91 Å². The molecule has 0 aromatic heterocycles. The van der Waals surface area contributed by atoms with E-state index in [-0.39, 0.29) is 35.8 Å². The van der Waals surface area contributed by atoms with Crippen LogP contribution in [0.4, 0.5) is 13.2 Å². The lowest BCUT2D eigenvalue weighted by atomic mass is 9.84. The zero-order valence-corrected chi connectivity index (χ0v) is 15.0. The predicted octanol–water partition coefficient (Wildman–Crippen LogP) is 4.33. The summed E-state index contributed by atoms with van der Waals surface area (Å²) in [7, 11) is 0. The molecule has 1 atom stereocenters. The second-order valence-corrected chi connectivity index (χ2v) is 6.53. The van der Waals surface area contributed by atoms with E-state index in [9.17, 15) is 22.8 Å². The van der Waals surface area contributed by atoms with Crippen molar-refractivity contribution >= 4 is 11.9 Å². The first kappa shape index (κ1) is 19.7.